The van der Waals surface area contributed by atoms with Gasteiger partial charge in [-0.15, -0.1) is 0 Å². The highest BCUT2D eigenvalue weighted by molar-refractivity contribution is 5.92. The predicted molar refractivity (Wildman–Crippen MR) is 60.6 cm³/mol. The van der Waals surface area contributed by atoms with E-state index >= 15 is 0 Å². The Labute approximate surface area is 93.7 Å². The summed E-state index contributed by atoms with van der Waals surface area (Å²) in [6, 6.07) is 5.95. The van der Waals surface area contributed by atoms with Crippen molar-refractivity contribution >= 4 is 18.0 Å². The molecule has 16 heavy (non-hydrogen) atoms. The van der Waals surface area contributed by atoms with Crippen molar-refractivity contribution in [2.75, 3.05) is 18.0 Å². The van der Waals surface area contributed by atoms with E-state index in [0.29, 0.717) is 18.5 Å². The van der Waals surface area contributed by atoms with Crippen LogP contribution in [0.2, 0.25) is 0 Å². The summed E-state index contributed by atoms with van der Waals surface area (Å²) in [5.41, 5.74) is 0.670. The molecule has 1 aromatic rings. The van der Waals surface area contributed by atoms with Crippen LogP contribution in [0.1, 0.15) is 6.92 Å². The maximum absolute atomic E-state index is 11.6. The van der Waals surface area contributed by atoms with Crippen LogP contribution in [0.5, 0.6) is 5.75 Å². The van der Waals surface area contributed by atoms with E-state index in [1.165, 1.54) is 17.0 Å². The number of aldehydes is 1. The van der Waals surface area contributed by atoms with E-state index in [-0.39, 0.29) is 18.3 Å². The Kier molecular flexibility index (Phi) is 4.32. The number of nitrogens with one attached hydrogen (secondary N) is 1. The Morgan fingerprint density at radius 3 is 2.56 bits per heavy atom. The summed E-state index contributed by atoms with van der Waals surface area (Å²) >= 11 is 0. The highest BCUT2D eigenvalue weighted by Gasteiger charge is 2.12. The zero-order chi connectivity index (χ0) is 12.0. The lowest BCUT2D eigenvalue weighted by Gasteiger charge is -2.20. The van der Waals surface area contributed by atoms with Crippen molar-refractivity contribution in [2.45, 2.75) is 6.92 Å². The maximum Gasteiger partial charge on any atom is 0.322 e. The van der Waals surface area contributed by atoms with Crippen molar-refractivity contribution in [3.05, 3.63) is 24.3 Å². The molecule has 0 atom stereocenters. The normalized spacial score (nSPS) is 9.56. The van der Waals surface area contributed by atoms with Gasteiger partial charge in [-0.25, -0.2) is 4.79 Å². The van der Waals surface area contributed by atoms with Gasteiger partial charge in [0.15, 0.2) is 0 Å². The summed E-state index contributed by atoms with van der Waals surface area (Å²) in [6.07, 6.45) is 0.628. The van der Waals surface area contributed by atoms with Crippen molar-refractivity contribution in [1.29, 1.82) is 0 Å². The lowest BCUT2D eigenvalue weighted by atomic mass is 10.3. The molecule has 0 radical (unpaired) electrons. The second-order valence-electron chi connectivity index (χ2n) is 3.11. The first-order chi connectivity index (χ1) is 7.69. The van der Waals surface area contributed by atoms with E-state index in [4.69, 9.17) is 5.11 Å². The Balaban J connectivity index is 2.77. The van der Waals surface area contributed by atoms with Crippen molar-refractivity contribution in [3.8, 4) is 5.75 Å². The first-order valence-corrected chi connectivity index (χ1v) is 4.97. The standard InChI is InChI=1S/C11H14N2O3/c1-2-13(11(16)12-7-8-14)9-3-5-10(15)6-4-9/h3-6,8,15H,2,7H2,1H3,(H,12,16). The number of carbonyl (C=O) groups is 2. The third kappa shape index (κ3) is 2.98. The van der Waals surface area contributed by atoms with Crippen LogP contribution in [-0.2, 0) is 4.79 Å². The summed E-state index contributed by atoms with van der Waals surface area (Å²) < 4.78 is 0. The summed E-state index contributed by atoms with van der Waals surface area (Å²) in [7, 11) is 0. The molecule has 1 aromatic carbocycles. The summed E-state index contributed by atoms with van der Waals surface area (Å²) in [5, 5.41) is 11.6. The number of rotatable bonds is 4. The lowest BCUT2D eigenvalue weighted by Crippen LogP contribution is -2.40. The van der Waals surface area contributed by atoms with Gasteiger partial charge in [-0.3, -0.25) is 4.90 Å². The summed E-state index contributed by atoms with van der Waals surface area (Å²) in [4.78, 5) is 23.2. The van der Waals surface area contributed by atoms with Gasteiger partial charge in [0.2, 0.25) is 0 Å². The van der Waals surface area contributed by atoms with Crippen molar-refractivity contribution in [3.63, 3.8) is 0 Å². The van der Waals surface area contributed by atoms with Crippen molar-refractivity contribution in [1.82, 2.24) is 5.32 Å². The van der Waals surface area contributed by atoms with Crippen LogP contribution in [0.4, 0.5) is 10.5 Å². The first kappa shape index (κ1) is 12.0. The van der Waals surface area contributed by atoms with Gasteiger partial charge in [-0.2, -0.15) is 0 Å². The van der Waals surface area contributed by atoms with Crippen LogP contribution >= 0.6 is 0 Å². The molecule has 0 aliphatic carbocycles. The molecule has 0 unspecified atom stereocenters. The maximum atomic E-state index is 11.6. The van der Waals surface area contributed by atoms with Crippen LogP contribution in [-0.4, -0.2) is 30.5 Å². The minimum absolute atomic E-state index is 0.00653. The Bertz CT molecular complexity index is 362. The van der Waals surface area contributed by atoms with E-state index in [9.17, 15) is 9.59 Å². The van der Waals surface area contributed by atoms with Gasteiger partial charge in [0.1, 0.15) is 12.0 Å². The minimum Gasteiger partial charge on any atom is -0.508 e. The number of hydrogen-bond acceptors (Lipinski definition) is 3. The quantitative estimate of drug-likeness (QED) is 0.750. The number of nitrogens with zero attached hydrogens (tertiary/aromatic N) is 1. The van der Waals surface area contributed by atoms with Gasteiger partial charge in [0.05, 0.1) is 6.54 Å². The molecule has 0 spiro atoms. The fourth-order valence-corrected chi connectivity index (χ4v) is 1.30. The molecule has 0 saturated carbocycles. The molecule has 0 aliphatic rings. The number of aromatic hydroxyl groups is 1. The molecular formula is C11H14N2O3. The van der Waals surface area contributed by atoms with Crippen LogP contribution in [0.25, 0.3) is 0 Å². The average Bonchev–Trinajstić information content (AvgIpc) is 2.30. The molecule has 0 aromatic heterocycles. The zero-order valence-corrected chi connectivity index (χ0v) is 9.01. The van der Waals surface area contributed by atoms with Crippen LogP contribution in [0.15, 0.2) is 24.3 Å². The van der Waals surface area contributed by atoms with Gasteiger partial charge in [0.25, 0.3) is 0 Å². The Morgan fingerprint density at radius 1 is 1.44 bits per heavy atom. The monoisotopic (exact) mass is 222 g/mol. The number of phenolic OH excluding ortho intramolecular Hbond substituents is 1. The molecule has 0 heterocycles. The third-order valence-corrected chi connectivity index (χ3v) is 2.06. The zero-order valence-electron chi connectivity index (χ0n) is 9.01. The third-order valence-electron chi connectivity index (χ3n) is 2.06. The van der Waals surface area contributed by atoms with Gasteiger partial charge >= 0.3 is 6.03 Å². The molecule has 2 amide bonds. The SMILES string of the molecule is CCN(C(=O)NCC=O)c1ccc(O)cc1. The summed E-state index contributed by atoms with van der Waals surface area (Å²) in [5.74, 6) is 0.146. The molecule has 0 fully saturated rings. The molecule has 86 valence electrons. The predicted octanol–water partition coefficient (Wildman–Crippen LogP) is 1.13. The van der Waals surface area contributed by atoms with E-state index < -0.39 is 0 Å². The number of benzene rings is 1. The van der Waals surface area contributed by atoms with Crippen molar-refractivity contribution < 1.29 is 14.7 Å². The summed E-state index contributed by atoms with van der Waals surface area (Å²) in [6.45, 7) is 2.30. The van der Waals surface area contributed by atoms with Crippen LogP contribution in [0.3, 0.4) is 0 Å². The average molecular weight is 222 g/mol. The second kappa shape index (κ2) is 5.75. The number of phenols is 1. The fourth-order valence-electron chi connectivity index (χ4n) is 1.30. The Hall–Kier alpha value is -2.04. The van der Waals surface area contributed by atoms with Crippen molar-refractivity contribution in [2.24, 2.45) is 0 Å². The Morgan fingerprint density at radius 2 is 2.06 bits per heavy atom. The van der Waals surface area contributed by atoms with E-state index in [1.807, 2.05) is 6.92 Å². The number of hydrogen-bond donors (Lipinski definition) is 2. The van der Waals surface area contributed by atoms with E-state index in [2.05, 4.69) is 5.32 Å². The molecule has 5 nitrogen and oxygen atoms in total. The molecule has 0 aliphatic heterocycles. The number of anilines is 1. The molecule has 1 rings (SSSR count). The van der Waals surface area contributed by atoms with Gasteiger partial charge in [0, 0.05) is 12.2 Å². The van der Waals surface area contributed by atoms with Gasteiger partial charge < -0.3 is 15.2 Å². The molecular weight excluding hydrogens is 208 g/mol. The molecule has 0 bridgehead atoms. The highest BCUT2D eigenvalue weighted by Crippen LogP contribution is 2.18. The number of amides is 2. The number of urea groups is 1. The fraction of sp³-hybridized carbons (Fsp3) is 0.273. The lowest BCUT2D eigenvalue weighted by molar-refractivity contribution is -0.107. The van der Waals surface area contributed by atoms with Gasteiger partial charge in [-0.1, -0.05) is 0 Å². The largest absolute Gasteiger partial charge is 0.508 e. The van der Waals surface area contributed by atoms with E-state index in [1.54, 1.807) is 12.1 Å². The van der Waals surface area contributed by atoms with E-state index in [0.717, 1.165) is 0 Å². The minimum atomic E-state index is -0.333. The second-order valence-corrected chi connectivity index (χ2v) is 3.11. The smallest absolute Gasteiger partial charge is 0.322 e. The molecule has 5 heteroatoms. The van der Waals surface area contributed by atoms with Crippen LogP contribution < -0.4 is 10.2 Å². The first-order valence-electron chi connectivity index (χ1n) is 4.97. The topological polar surface area (TPSA) is 69.6 Å². The number of carbonyl (C=O) groups excluding carboxylic acids is 2. The molecule has 2 N–H and O–H groups in total. The molecule has 0 saturated heterocycles. The van der Waals surface area contributed by atoms with Crippen LogP contribution in [0, 0.1) is 0 Å². The highest BCUT2D eigenvalue weighted by atomic mass is 16.3. The van der Waals surface area contributed by atoms with Gasteiger partial charge in [-0.05, 0) is 31.2 Å².